The number of benzene rings is 2. The van der Waals surface area contributed by atoms with Crippen LogP contribution >= 0.6 is 0 Å². The van der Waals surface area contributed by atoms with Gasteiger partial charge in [0, 0.05) is 0 Å². The van der Waals surface area contributed by atoms with E-state index in [1.165, 1.54) is 12.1 Å². The molecular weight excluding hydrogens is 344 g/mol. The molecular formula is C18H13F2N3O3. The molecule has 0 aliphatic carbocycles. The lowest BCUT2D eigenvalue weighted by Gasteiger charge is -2.06. The van der Waals surface area contributed by atoms with Crippen molar-refractivity contribution in [1.29, 1.82) is 0 Å². The van der Waals surface area contributed by atoms with Gasteiger partial charge in [0.1, 0.15) is 11.4 Å². The maximum Gasteiger partial charge on any atom is 0.387 e. The Kier molecular flexibility index (Phi) is 5.02. The largest absolute Gasteiger partial charge is 0.476 e. The van der Waals surface area contributed by atoms with Crippen LogP contribution in [0.3, 0.4) is 0 Å². The number of aromatic amines is 1. The highest BCUT2D eigenvalue weighted by molar-refractivity contribution is 5.90. The number of ether oxygens (including phenoxy) is 1. The molecule has 1 heterocycles. The molecule has 8 heteroatoms. The summed E-state index contributed by atoms with van der Waals surface area (Å²) in [7, 11) is 0. The second-order valence-electron chi connectivity index (χ2n) is 5.22. The number of hydrogen-bond donors (Lipinski definition) is 2. The van der Waals surface area contributed by atoms with Crippen molar-refractivity contribution in [2.24, 2.45) is 0 Å². The summed E-state index contributed by atoms with van der Waals surface area (Å²) in [5.41, 5.74) is 2.68. The molecule has 0 radical (unpaired) electrons. The standard InChI is InChI=1S/C18H13F2N3O3/c19-18(20)26-14-8-6-13(7-9-14)12-4-1-11(2-5-12)3-10-15-16(17(24)25)22-23-21-15/h1-10,18H,(H,24,25)(H,21,22,23)/b10-3+. The first-order valence-corrected chi connectivity index (χ1v) is 7.50. The van der Waals surface area contributed by atoms with Gasteiger partial charge in [-0.3, -0.25) is 0 Å². The average molecular weight is 357 g/mol. The summed E-state index contributed by atoms with van der Waals surface area (Å²) in [6.07, 6.45) is 3.27. The molecule has 0 bridgehead atoms. The Labute approximate surface area is 146 Å². The van der Waals surface area contributed by atoms with Crippen LogP contribution in [-0.4, -0.2) is 33.1 Å². The number of carbonyl (C=O) groups is 1. The van der Waals surface area contributed by atoms with Crippen molar-refractivity contribution >= 4 is 18.1 Å². The Hall–Kier alpha value is -3.55. The summed E-state index contributed by atoms with van der Waals surface area (Å²) < 4.78 is 28.6. The molecule has 6 nitrogen and oxygen atoms in total. The fraction of sp³-hybridized carbons (Fsp3) is 0.0556. The summed E-state index contributed by atoms with van der Waals surface area (Å²) >= 11 is 0. The fourth-order valence-corrected chi connectivity index (χ4v) is 2.30. The predicted molar refractivity (Wildman–Crippen MR) is 90.8 cm³/mol. The number of carboxylic acid groups (broad SMARTS) is 1. The maximum atomic E-state index is 12.2. The third-order valence-electron chi connectivity index (χ3n) is 3.53. The first-order valence-electron chi connectivity index (χ1n) is 7.50. The molecule has 0 unspecified atom stereocenters. The van der Waals surface area contributed by atoms with Gasteiger partial charge in [-0.1, -0.05) is 42.5 Å². The highest BCUT2D eigenvalue weighted by Crippen LogP contribution is 2.24. The van der Waals surface area contributed by atoms with Gasteiger partial charge in [-0.2, -0.15) is 19.1 Å². The number of H-pyrrole nitrogens is 1. The first-order chi connectivity index (χ1) is 12.5. The smallest absolute Gasteiger partial charge is 0.387 e. The van der Waals surface area contributed by atoms with E-state index in [9.17, 15) is 13.6 Å². The van der Waals surface area contributed by atoms with Crippen molar-refractivity contribution in [2.75, 3.05) is 0 Å². The van der Waals surface area contributed by atoms with Gasteiger partial charge in [0.2, 0.25) is 0 Å². The van der Waals surface area contributed by atoms with E-state index < -0.39 is 12.6 Å². The van der Waals surface area contributed by atoms with Crippen LogP contribution < -0.4 is 4.74 Å². The zero-order valence-corrected chi connectivity index (χ0v) is 13.3. The van der Waals surface area contributed by atoms with Crippen molar-refractivity contribution in [3.05, 3.63) is 65.5 Å². The molecule has 26 heavy (non-hydrogen) atoms. The van der Waals surface area contributed by atoms with E-state index in [-0.39, 0.29) is 17.1 Å². The predicted octanol–water partition coefficient (Wildman–Crippen LogP) is 3.94. The van der Waals surface area contributed by atoms with E-state index in [4.69, 9.17) is 5.11 Å². The Bertz CT molecular complexity index is 920. The van der Waals surface area contributed by atoms with Gasteiger partial charge >= 0.3 is 12.6 Å². The number of nitrogens with zero attached hydrogens (tertiary/aromatic N) is 2. The van der Waals surface area contributed by atoms with E-state index >= 15 is 0 Å². The molecule has 0 amide bonds. The van der Waals surface area contributed by atoms with E-state index in [1.807, 2.05) is 24.3 Å². The fourth-order valence-electron chi connectivity index (χ4n) is 2.30. The molecule has 132 valence electrons. The van der Waals surface area contributed by atoms with Crippen LogP contribution in [0.1, 0.15) is 21.7 Å². The lowest BCUT2D eigenvalue weighted by molar-refractivity contribution is -0.0498. The number of nitrogens with one attached hydrogen (secondary N) is 1. The second kappa shape index (κ2) is 7.56. The second-order valence-corrected chi connectivity index (χ2v) is 5.22. The minimum absolute atomic E-state index is 0.102. The van der Waals surface area contributed by atoms with Gasteiger partial charge in [0.05, 0.1) is 0 Å². The summed E-state index contributed by atoms with van der Waals surface area (Å²) in [6.45, 7) is -2.85. The maximum absolute atomic E-state index is 12.2. The molecule has 0 saturated carbocycles. The lowest BCUT2D eigenvalue weighted by atomic mass is 10.0. The molecule has 0 aliphatic rings. The van der Waals surface area contributed by atoms with Crippen molar-refractivity contribution in [3.8, 4) is 16.9 Å². The van der Waals surface area contributed by atoms with Crippen LogP contribution in [0.15, 0.2) is 48.5 Å². The van der Waals surface area contributed by atoms with Crippen molar-refractivity contribution in [2.45, 2.75) is 6.61 Å². The van der Waals surface area contributed by atoms with E-state index in [0.717, 1.165) is 16.7 Å². The van der Waals surface area contributed by atoms with Crippen LogP contribution in [0.25, 0.3) is 23.3 Å². The molecule has 0 spiro atoms. The van der Waals surface area contributed by atoms with Crippen molar-refractivity contribution in [3.63, 3.8) is 0 Å². The molecule has 2 aromatic carbocycles. The minimum atomic E-state index is -2.85. The monoisotopic (exact) mass is 357 g/mol. The Morgan fingerprint density at radius 3 is 2.19 bits per heavy atom. The summed E-state index contributed by atoms with van der Waals surface area (Å²) in [5.74, 6) is -1.06. The normalized spacial score (nSPS) is 11.2. The number of hydrogen-bond acceptors (Lipinski definition) is 4. The number of rotatable bonds is 6. The third kappa shape index (κ3) is 4.10. The van der Waals surface area contributed by atoms with Crippen LogP contribution in [0, 0.1) is 0 Å². The van der Waals surface area contributed by atoms with E-state index in [2.05, 4.69) is 20.1 Å². The lowest BCUT2D eigenvalue weighted by Crippen LogP contribution is -2.01. The minimum Gasteiger partial charge on any atom is -0.476 e. The number of aromatic carboxylic acids is 1. The first kappa shape index (κ1) is 17.3. The molecule has 0 saturated heterocycles. The molecule has 3 aromatic rings. The Morgan fingerprint density at radius 1 is 1.00 bits per heavy atom. The molecule has 2 N–H and O–H groups in total. The van der Waals surface area contributed by atoms with Crippen LogP contribution in [0.2, 0.25) is 0 Å². The topological polar surface area (TPSA) is 88.1 Å². The Morgan fingerprint density at radius 2 is 1.62 bits per heavy atom. The average Bonchev–Trinajstić information content (AvgIpc) is 3.09. The van der Waals surface area contributed by atoms with Gasteiger partial charge in [0.15, 0.2) is 5.69 Å². The zero-order chi connectivity index (χ0) is 18.5. The molecule has 0 aliphatic heterocycles. The van der Waals surface area contributed by atoms with Gasteiger partial charge in [0.25, 0.3) is 0 Å². The zero-order valence-electron chi connectivity index (χ0n) is 13.3. The van der Waals surface area contributed by atoms with Crippen molar-refractivity contribution in [1.82, 2.24) is 15.4 Å². The van der Waals surface area contributed by atoms with Gasteiger partial charge in [-0.25, -0.2) is 4.79 Å². The summed E-state index contributed by atoms with van der Waals surface area (Å²) in [5, 5.41) is 18.6. The van der Waals surface area contributed by atoms with Gasteiger partial charge in [-0.15, -0.1) is 5.10 Å². The quantitative estimate of drug-likeness (QED) is 0.698. The highest BCUT2D eigenvalue weighted by Gasteiger charge is 2.12. The third-order valence-corrected chi connectivity index (χ3v) is 3.53. The summed E-state index contributed by atoms with van der Waals surface area (Å²) in [6, 6.07) is 13.8. The molecule has 1 aromatic heterocycles. The van der Waals surface area contributed by atoms with Crippen LogP contribution in [0.4, 0.5) is 8.78 Å². The van der Waals surface area contributed by atoms with Gasteiger partial charge < -0.3 is 9.84 Å². The number of halogens is 2. The number of carboxylic acids is 1. The molecule has 3 rings (SSSR count). The Balaban J connectivity index is 1.73. The SMILES string of the molecule is O=C(O)c1n[nH]nc1/C=C/c1ccc(-c2ccc(OC(F)F)cc2)cc1. The van der Waals surface area contributed by atoms with E-state index in [1.54, 1.807) is 24.3 Å². The van der Waals surface area contributed by atoms with Gasteiger partial charge in [-0.05, 0) is 34.9 Å². The van der Waals surface area contributed by atoms with E-state index in [0.29, 0.717) is 0 Å². The number of alkyl halides is 2. The van der Waals surface area contributed by atoms with Crippen molar-refractivity contribution < 1.29 is 23.4 Å². The highest BCUT2D eigenvalue weighted by atomic mass is 19.3. The molecule has 0 atom stereocenters. The van der Waals surface area contributed by atoms with Crippen LogP contribution in [0.5, 0.6) is 5.75 Å². The summed E-state index contributed by atoms with van der Waals surface area (Å²) in [4.78, 5) is 11.0. The van der Waals surface area contributed by atoms with Crippen LogP contribution in [-0.2, 0) is 0 Å². The number of aromatic nitrogens is 3. The molecule has 0 fully saturated rings.